The Hall–Kier alpha value is -2.14. The molecule has 86 valence electrons. The number of pyridine rings is 2. The van der Waals surface area contributed by atoms with E-state index in [9.17, 15) is 9.90 Å². The maximum absolute atomic E-state index is 10.7. The fourth-order valence-electron chi connectivity index (χ4n) is 1.32. The molecule has 0 saturated heterocycles. The largest absolute Gasteiger partial charge is 0.506 e. The van der Waals surface area contributed by atoms with Crippen molar-refractivity contribution in [2.24, 2.45) is 0 Å². The molecule has 0 unspecified atom stereocenters. The van der Waals surface area contributed by atoms with E-state index >= 15 is 0 Å². The number of aromatic nitrogens is 2. The molecule has 2 aromatic rings. The number of hydrogen-bond acceptors (Lipinski definition) is 4. The predicted molar refractivity (Wildman–Crippen MR) is 61.1 cm³/mol. The summed E-state index contributed by atoms with van der Waals surface area (Å²) in [6, 6.07) is 2.75. The molecule has 0 aliphatic rings. The fraction of sp³-hybridized carbons (Fsp3) is 0. The van der Waals surface area contributed by atoms with Crippen molar-refractivity contribution >= 4 is 17.6 Å². The van der Waals surface area contributed by atoms with Crippen LogP contribution in [0, 0.1) is 0 Å². The molecule has 0 saturated carbocycles. The fourth-order valence-corrected chi connectivity index (χ4v) is 1.60. The number of hydrogen-bond donors (Lipinski definition) is 2. The average Bonchev–Trinajstić information content (AvgIpc) is 2.28. The van der Waals surface area contributed by atoms with Crippen molar-refractivity contribution in [1.29, 1.82) is 0 Å². The summed E-state index contributed by atoms with van der Waals surface area (Å²) < 4.78 is 0. The Labute approximate surface area is 101 Å². The van der Waals surface area contributed by atoms with Crippen molar-refractivity contribution in [2.75, 3.05) is 0 Å². The van der Waals surface area contributed by atoms with Crippen LogP contribution in [-0.2, 0) is 0 Å². The number of rotatable bonds is 2. The molecule has 5 nitrogen and oxygen atoms in total. The molecule has 0 fully saturated rings. The van der Waals surface area contributed by atoms with Gasteiger partial charge < -0.3 is 10.2 Å². The van der Waals surface area contributed by atoms with E-state index in [-0.39, 0.29) is 16.3 Å². The average molecular weight is 251 g/mol. The van der Waals surface area contributed by atoms with Gasteiger partial charge in [0.1, 0.15) is 5.75 Å². The second kappa shape index (κ2) is 4.39. The zero-order chi connectivity index (χ0) is 12.4. The van der Waals surface area contributed by atoms with Gasteiger partial charge in [-0.2, -0.15) is 0 Å². The molecule has 0 spiro atoms. The van der Waals surface area contributed by atoms with E-state index in [2.05, 4.69) is 9.97 Å². The van der Waals surface area contributed by atoms with Crippen LogP contribution in [0.5, 0.6) is 5.75 Å². The van der Waals surface area contributed by atoms with E-state index < -0.39 is 5.97 Å². The molecule has 0 atom stereocenters. The van der Waals surface area contributed by atoms with E-state index in [0.717, 1.165) is 0 Å². The van der Waals surface area contributed by atoms with Gasteiger partial charge in [0.2, 0.25) is 0 Å². The number of carbonyl (C=O) groups is 1. The van der Waals surface area contributed by atoms with Gasteiger partial charge in [-0.15, -0.1) is 0 Å². The SMILES string of the molecule is O=C(O)c1cnc(-c2cncc(O)c2)c(Cl)c1. The molecule has 0 radical (unpaired) electrons. The summed E-state index contributed by atoms with van der Waals surface area (Å²) >= 11 is 5.93. The van der Waals surface area contributed by atoms with E-state index in [0.29, 0.717) is 11.3 Å². The summed E-state index contributed by atoms with van der Waals surface area (Å²) in [5, 5.41) is 18.2. The van der Waals surface area contributed by atoms with Gasteiger partial charge in [0.25, 0.3) is 0 Å². The van der Waals surface area contributed by atoms with Crippen molar-refractivity contribution in [3.63, 3.8) is 0 Å². The second-order valence-electron chi connectivity index (χ2n) is 3.29. The highest BCUT2D eigenvalue weighted by atomic mass is 35.5. The lowest BCUT2D eigenvalue weighted by Crippen LogP contribution is -1.98. The lowest BCUT2D eigenvalue weighted by Gasteiger charge is -2.04. The highest BCUT2D eigenvalue weighted by Crippen LogP contribution is 2.27. The third-order valence-corrected chi connectivity index (χ3v) is 2.37. The first kappa shape index (κ1) is 11.3. The standard InChI is InChI=1S/C11H7ClN2O3/c12-9-2-7(11(16)17)4-14-10(9)6-1-8(15)5-13-3-6/h1-5,15H,(H,16,17). The highest BCUT2D eigenvalue weighted by Gasteiger charge is 2.10. The second-order valence-corrected chi connectivity index (χ2v) is 3.70. The maximum atomic E-state index is 10.7. The van der Waals surface area contributed by atoms with Crippen LogP contribution in [0.2, 0.25) is 5.02 Å². The van der Waals surface area contributed by atoms with Crippen LogP contribution in [0.4, 0.5) is 0 Å². The molecular weight excluding hydrogens is 244 g/mol. The minimum atomic E-state index is -1.10. The summed E-state index contributed by atoms with van der Waals surface area (Å²) in [6.07, 6.45) is 3.96. The van der Waals surface area contributed by atoms with Gasteiger partial charge in [-0.05, 0) is 12.1 Å². The molecule has 17 heavy (non-hydrogen) atoms. The van der Waals surface area contributed by atoms with Crippen molar-refractivity contribution in [3.8, 4) is 17.0 Å². The predicted octanol–water partition coefficient (Wildman–Crippen LogP) is 2.20. The number of aromatic hydroxyl groups is 1. The first-order valence-electron chi connectivity index (χ1n) is 4.61. The Kier molecular flexibility index (Phi) is 2.93. The minimum Gasteiger partial charge on any atom is -0.506 e. The number of carboxylic acid groups (broad SMARTS) is 1. The molecular formula is C11H7ClN2O3. The van der Waals surface area contributed by atoms with Crippen LogP contribution in [-0.4, -0.2) is 26.2 Å². The normalized spacial score (nSPS) is 10.2. The number of aromatic carboxylic acids is 1. The van der Waals surface area contributed by atoms with Crippen LogP contribution < -0.4 is 0 Å². The lowest BCUT2D eigenvalue weighted by molar-refractivity contribution is 0.0696. The summed E-state index contributed by atoms with van der Waals surface area (Å²) in [5.74, 6) is -1.11. The maximum Gasteiger partial charge on any atom is 0.337 e. The Morgan fingerprint density at radius 3 is 2.59 bits per heavy atom. The van der Waals surface area contributed by atoms with Crippen LogP contribution in [0.1, 0.15) is 10.4 Å². The van der Waals surface area contributed by atoms with Gasteiger partial charge in [-0.1, -0.05) is 11.6 Å². The van der Waals surface area contributed by atoms with E-state index in [1.807, 2.05) is 0 Å². The molecule has 2 rings (SSSR count). The first-order valence-corrected chi connectivity index (χ1v) is 4.99. The molecule has 6 heteroatoms. The van der Waals surface area contributed by atoms with Crippen molar-refractivity contribution < 1.29 is 15.0 Å². The van der Waals surface area contributed by atoms with Crippen LogP contribution >= 0.6 is 11.6 Å². The Bertz CT molecular complexity index is 587. The zero-order valence-electron chi connectivity index (χ0n) is 8.46. The highest BCUT2D eigenvalue weighted by molar-refractivity contribution is 6.33. The smallest absolute Gasteiger partial charge is 0.337 e. The zero-order valence-corrected chi connectivity index (χ0v) is 9.22. The number of nitrogens with zero attached hydrogens (tertiary/aromatic N) is 2. The molecule has 0 aliphatic carbocycles. The molecule has 0 amide bonds. The topological polar surface area (TPSA) is 83.3 Å². The Morgan fingerprint density at radius 2 is 2.00 bits per heavy atom. The van der Waals surface area contributed by atoms with Gasteiger partial charge in [0, 0.05) is 18.0 Å². The van der Waals surface area contributed by atoms with Crippen molar-refractivity contribution in [1.82, 2.24) is 9.97 Å². The quantitative estimate of drug-likeness (QED) is 0.854. The third kappa shape index (κ3) is 2.34. The summed E-state index contributed by atoms with van der Waals surface area (Å²) in [6.45, 7) is 0. The summed E-state index contributed by atoms with van der Waals surface area (Å²) in [5.41, 5.74) is 0.902. The van der Waals surface area contributed by atoms with Gasteiger partial charge in [0.15, 0.2) is 0 Å². The van der Waals surface area contributed by atoms with Gasteiger partial charge >= 0.3 is 5.97 Å². The van der Waals surface area contributed by atoms with Gasteiger partial charge in [0.05, 0.1) is 22.5 Å². The van der Waals surface area contributed by atoms with E-state index in [1.54, 1.807) is 0 Å². The molecule has 0 aromatic carbocycles. The number of halogens is 1. The van der Waals surface area contributed by atoms with E-state index in [4.69, 9.17) is 16.7 Å². The number of carboxylic acids is 1. The van der Waals surface area contributed by atoms with Crippen molar-refractivity contribution in [2.45, 2.75) is 0 Å². The van der Waals surface area contributed by atoms with Crippen LogP contribution in [0.15, 0.2) is 30.7 Å². The monoisotopic (exact) mass is 250 g/mol. The third-order valence-electron chi connectivity index (χ3n) is 2.09. The minimum absolute atomic E-state index is 0.00635. The first-order chi connectivity index (χ1) is 8.08. The molecule has 0 aliphatic heterocycles. The van der Waals surface area contributed by atoms with Crippen molar-refractivity contribution in [3.05, 3.63) is 41.3 Å². The molecule has 2 N–H and O–H groups in total. The Balaban J connectivity index is 2.50. The molecule has 0 bridgehead atoms. The molecule has 2 heterocycles. The Morgan fingerprint density at radius 1 is 1.24 bits per heavy atom. The van der Waals surface area contributed by atoms with Crippen LogP contribution in [0.3, 0.4) is 0 Å². The lowest BCUT2D eigenvalue weighted by atomic mass is 10.1. The van der Waals surface area contributed by atoms with Gasteiger partial charge in [-0.25, -0.2) is 4.79 Å². The molecule has 2 aromatic heterocycles. The van der Waals surface area contributed by atoms with Crippen LogP contribution in [0.25, 0.3) is 11.3 Å². The van der Waals surface area contributed by atoms with E-state index in [1.165, 1.54) is 30.7 Å². The summed E-state index contributed by atoms with van der Waals surface area (Å²) in [7, 11) is 0. The van der Waals surface area contributed by atoms with Gasteiger partial charge in [-0.3, -0.25) is 9.97 Å². The summed E-state index contributed by atoms with van der Waals surface area (Å²) in [4.78, 5) is 18.4.